The summed E-state index contributed by atoms with van der Waals surface area (Å²) in [6.45, 7) is 1.99. The van der Waals surface area contributed by atoms with Crippen LogP contribution in [0.25, 0.3) is 22.0 Å². The molecule has 4 nitrogen and oxygen atoms in total. The van der Waals surface area contributed by atoms with Gasteiger partial charge in [-0.15, -0.1) is 0 Å². The van der Waals surface area contributed by atoms with Gasteiger partial charge in [-0.25, -0.2) is 0 Å². The largest absolute Gasteiger partial charge is 0.480 e. The molecule has 1 N–H and O–H groups in total. The fraction of sp³-hybridized carbons (Fsp3) is 0.200. The van der Waals surface area contributed by atoms with Crippen molar-refractivity contribution in [2.45, 2.75) is 13.5 Å². The van der Waals surface area contributed by atoms with Crippen molar-refractivity contribution in [2.24, 2.45) is 0 Å². The second-order valence-electron chi connectivity index (χ2n) is 4.52. The number of aliphatic hydroxyl groups is 1. The standard InChI is InChI=1S/C15H14N2O2S/c1-9-4-3-5-10-6-11(7-16-14(9)10)13-12(8-18)20-17-15(13)19-2/h3-7,18H,8H2,1-2H3. The van der Waals surface area contributed by atoms with Crippen molar-refractivity contribution in [3.05, 3.63) is 40.9 Å². The molecule has 2 aromatic heterocycles. The Kier molecular flexibility index (Phi) is 3.38. The summed E-state index contributed by atoms with van der Waals surface area (Å²) in [5.41, 5.74) is 3.88. The van der Waals surface area contributed by atoms with Gasteiger partial charge < -0.3 is 9.84 Å². The van der Waals surface area contributed by atoms with Gasteiger partial charge in [0.2, 0.25) is 5.88 Å². The summed E-state index contributed by atoms with van der Waals surface area (Å²) in [6.07, 6.45) is 1.81. The topological polar surface area (TPSA) is 55.2 Å². The molecular formula is C15H14N2O2S. The highest BCUT2D eigenvalue weighted by molar-refractivity contribution is 7.06. The third-order valence-corrected chi connectivity index (χ3v) is 4.08. The Morgan fingerprint density at radius 2 is 2.20 bits per heavy atom. The molecule has 1 aromatic carbocycles. The predicted molar refractivity (Wildman–Crippen MR) is 80.1 cm³/mol. The first-order valence-corrected chi connectivity index (χ1v) is 7.01. The lowest BCUT2D eigenvalue weighted by molar-refractivity contribution is 0.285. The van der Waals surface area contributed by atoms with Gasteiger partial charge in [-0.2, -0.15) is 4.37 Å². The molecule has 2 heterocycles. The molecule has 102 valence electrons. The van der Waals surface area contributed by atoms with E-state index in [9.17, 15) is 5.11 Å². The van der Waals surface area contributed by atoms with Crippen molar-refractivity contribution in [2.75, 3.05) is 7.11 Å². The minimum absolute atomic E-state index is 0.0534. The molecule has 0 unspecified atom stereocenters. The molecule has 0 radical (unpaired) electrons. The minimum Gasteiger partial charge on any atom is -0.480 e. The van der Waals surface area contributed by atoms with E-state index in [1.807, 2.05) is 25.1 Å². The van der Waals surface area contributed by atoms with Crippen LogP contribution >= 0.6 is 11.5 Å². The zero-order valence-corrected chi connectivity index (χ0v) is 12.1. The number of aryl methyl sites for hydroxylation is 1. The lowest BCUT2D eigenvalue weighted by Crippen LogP contribution is -1.91. The number of benzene rings is 1. The van der Waals surface area contributed by atoms with Gasteiger partial charge in [0, 0.05) is 17.1 Å². The summed E-state index contributed by atoms with van der Waals surface area (Å²) in [6, 6.07) is 8.14. The molecular weight excluding hydrogens is 272 g/mol. The maximum atomic E-state index is 9.44. The van der Waals surface area contributed by atoms with Crippen LogP contribution in [0.3, 0.4) is 0 Å². The second-order valence-corrected chi connectivity index (χ2v) is 5.38. The Hall–Kier alpha value is -1.98. The molecule has 3 aromatic rings. The van der Waals surface area contributed by atoms with E-state index in [1.165, 1.54) is 11.5 Å². The summed E-state index contributed by atoms with van der Waals surface area (Å²) in [4.78, 5) is 5.31. The fourth-order valence-electron chi connectivity index (χ4n) is 2.29. The van der Waals surface area contributed by atoms with Crippen molar-refractivity contribution < 1.29 is 9.84 Å². The Morgan fingerprint density at radius 1 is 1.35 bits per heavy atom. The van der Waals surface area contributed by atoms with Crippen LogP contribution in [0.2, 0.25) is 0 Å². The number of aliphatic hydroxyl groups excluding tert-OH is 1. The van der Waals surface area contributed by atoms with Gasteiger partial charge in [0.15, 0.2) is 0 Å². The normalized spacial score (nSPS) is 10.9. The predicted octanol–water partition coefficient (Wildman–Crippen LogP) is 3.17. The zero-order chi connectivity index (χ0) is 14.1. The molecule has 0 aliphatic carbocycles. The van der Waals surface area contributed by atoms with E-state index < -0.39 is 0 Å². The smallest absolute Gasteiger partial charge is 0.233 e. The van der Waals surface area contributed by atoms with Crippen molar-refractivity contribution >= 4 is 22.4 Å². The monoisotopic (exact) mass is 286 g/mol. The number of para-hydroxylation sites is 1. The third kappa shape index (κ3) is 2.05. The van der Waals surface area contributed by atoms with E-state index in [0.717, 1.165) is 32.5 Å². The molecule has 3 rings (SSSR count). The number of ether oxygens (including phenoxy) is 1. The second kappa shape index (κ2) is 5.19. The quantitative estimate of drug-likeness (QED) is 0.803. The van der Waals surface area contributed by atoms with Gasteiger partial charge in [0.25, 0.3) is 0 Å². The Morgan fingerprint density at radius 3 is 2.95 bits per heavy atom. The molecule has 0 aliphatic rings. The van der Waals surface area contributed by atoms with E-state index in [1.54, 1.807) is 13.3 Å². The van der Waals surface area contributed by atoms with Gasteiger partial charge in [0.1, 0.15) is 0 Å². The van der Waals surface area contributed by atoms with Crippen LogP contribution < -0.4 is 4.74 Å². The molecule has 0 spiro atoms. The maximum absolute atomic E-state index is 9.44. The lowest BCUT2D eigenvalue weighted by Gasteiger charge is -2.06. The van der Waals surface area contributed by atoms with Gasteiger partial charge in [-0.1, -0.05) is 18.2 Å². The summed E-state index contributed by atoms with van der Waals surface area (Å²) in [7, 11) is 1.58. The molecule has 0 atom stereocenters. The van der Waals surface area contributed by atoms with Crippen LogP contribution in [0.5, 0.6) is 5.88 Å². The summed E-state index contributed by atoms with van der Waals surface area (Å²) < 4.78 is 9.49. The number of hydrogen-bond donors (Lipinski definition) is 1. The molecule has 0 bridgehead atoms. The number of fused-ring (bicyclic) bond motifs is 1. The van der Waals surface area contributed by atoms with Gasteiger partial charge >= 0.3 is 0 Å². The van der Waals surface area contributed by atoms with E-state index in [-0.39, 0.29) is 6.61 Å². The Labute approximate surface area is 120 Å². The molecule has 0 amide bonds. The highest BCUT2D eigenvalue weighted by Crippen LogP contribution is 2.36. The first-order valence-electron chi connectivity index (χ1n) is 6.23. The number of hydrogen-bond acceptors (Lipinski definition) is 5. The average Bonchev–Trinajstić information content (AvgIpc) is 2.90. The SMILES string of the molecule is COc1nsc(CO)c1-c1cnc2c(C)cccc2c1. The van der Waals surface area contributed by atoms with Crippen molar-refractivity contribution in [3.8, 4) is 17.0 Å². The van der Waals surface area contributed by atoms with Crippen molar-refractivity contribution in [3.63, 3.8) is 0 Å². The van der Waals surface area contributed by atoms with Gasteiger partial charge in [-0.3, -0.25) is 4.98 Å². The van der Waals surface area contributed by atoms with Crippen molar-refractivity contribution in [1.29, 1.82) is 0 Å². The maximum Gasteiger partial charge on any atom is 0.233 e. The third-order valence-electron chi connectivity index (χ3n) is 3.27. The fourth-order valence-corrected chi connectivity index (χ4v) is 3.00. The van der Waals surface area contributed by atoms with Gasteiger partial charge in [0.05, 0.1) is 29.7 Å². The van der Waals surface area contributed by atoms with E-state index in [0.29, 0.717) is 5.88 Å². The van der Waals surface area contributed by atoms with E-state index in [2.05, 4.69) is 15.4 Å². The summed E-state index contributed by atoms with van der Waals surface area (Å²) >= 11 is 1.25. The molecule has 0 saturated carbocycles. The van der Waals surface area contributed by atoms with E-state index >= 15 is 0 Å². The number of rotatable bonds is 3. The highest BCUT2D eigenvalue weighted by atomic mass is 32.1. The summed E-state index contributed by atoms with van der Waals surface area (Å²) in [5, 5.41) is 10.5. The van der Waals surface area contributed by atoms with Crippen LogP contribution in [0.1, 0.15) is 10.4 Å². The van der Waals surface area contributed by atoms with Crippen molar-refractivity contribution in [1.82, 2.24) is 9.36 Å². The van der Waals surface area contributed by atoms with E-state index in [4.69, 9.17) is 4.74 Å². The lowest BCUT2D eigenvalue weighted by atomic mass is 10.0. The summed E-state index contributed by atoms with van der Waals surface area (Å²) in [5.74, 6) is 0.535. The van der Waals surface area contributed by atoms with Crippen LogP contribution in [0.4, 0.5) is 0 Å². The Balaban J connectivity index is 2.22. The van der Waals surface area contributed by atoms with Crippen LogP contribution in [-0.2, 0) is 6.61 Å². The number of pyridine rings is 1. The van der Waals surface area contributed by atoms with Crippen LogP contribution in [0.15, 0.2) is 30.5 Å². The zero-order valence-electron chi connectivity index (χ0n) is 11.3. The first-order chi connectivity index (χ1) is 9.74. The van der Waals surface area contributed by atoms with Crippen LogP contribution in [-0.4, -0.2) is 21.6 Å². The number of methoxy groups -OCH3 is 1. The Bertz CT molecular complexity index is 746. The molecule has 5 heteroatoms. The van der Waals surface area contributed by atoms with Gasteiger partial charge in [-0.05, 0) is 30.1 Å². The number of aromatic nitrogens is 2. The molecule has 0 aliphatic heterocycles. The molecule has 0 saturated heterocycles. The van der Waals surface area contributed by atoms with Crippen LogP contribution in [0, 0.1) is 6.92 Å². The minimum atomic E-state index is -0.0534. The highest BCUT2D eigenvalue weighted by Gasteiger charge is 2.16. The molecule has 0 fully saturated rings. The average molecular weight is 286 g/mol. The molecule has 20 heavy (non-hydrogen) atoms. The first kappa shape index (κ1) is 13.0. The number of nitrogens with zero attached hydrogens (tertiary/aromatic N) is 2.